The molecule has 0 saturated carbocycles. The third-order valence-corrected chi connectivity index (χ3v) is 4.67. The highest BCUT2D eigenvalue weighted by Gasteiger charge is 2.51. The predicted molar refractivity (Wildman–Crippen MR) is 82.8 cm³/mol. The second-order valence-electron chi connectivity index (χ2n) is 7.14. The van der Waals surface area contributed by atoms with Gasteiger partial charge in [-0.25, -0.2) is 0 Å². The molecule has 1 aromatic rings. The van der Waals surface area contributed by atoms with Crippen LogP contribution in [0.1, 0.15) is 47.1 Å². The number of carboxylic acids is 1. The summed E-state index contributed by atoms with van der Waals surface area (Å²) >= 11 is 0. The lowest BCUT2D eigenvalue weighted by molar-refractivity contribution is -0.142. The van der Waals surface area contributed by atoms with Gasteiger partial charge in [0.15, 0.2) is 0 Å². The Labute approximate surface area is 126 Å². The number of rotatable bonds is 3. The Hall–Kier alpha value is -1.33. The maximum atomic E-state index is 11.4. The molecule has 1 heterocycles. The molecule has 0 spiro atoms. The van der Waals surface area contributed by atoms with Crippen molar-refractivity contribution in [1.82, 2.24) is 0 Å². The summed E-state index contributed by atoms with van der Waals surface area (Å²) in [5, 5.41) is 9.35. The number of carbonyl (C=O) groups is 1. The molecule has 0 amide bonds. The van der Waals surface area contributed by atoms with Crippen LogP contribution in [0.5, 0.6) is 0 Å². The van der Waals surface area contributed by atoms with Crippen molar-refractivity contribution in [1.29, 1.82) is 0 Å². The number of carboxylic acid groups (broad SMARTS) is 1. The summed E-state index contributed by atoms with van der Waals surface area (Å²) in [5.74, 6) is -0.853. The zero-order valence-electron chi connectivity index (χ0n) is 13.6. The van der Waals surface area contributed by atoms with Gasteiger partial charge in [-0.3, -0.25) is 4.79 Å². The van der Waals surface area contributed by atoms with Crippen LogP contribution in [0.15, 0.2) is 24.3 Å². The SMILES string of the molecule is CC(C)(C(=O)O)c1cccc(B2OC(C)(C)C(C)(C)O2)c1. The number of benzene rings is 1. The van der Waals surface area contributed by atoms with Gasteiger partial charge in [0.1, 0.15) is 0 Å². The minimum atomic E-state index is -0.945. The van der Waals surface area contributed by atoms with E-state index in [0.29, 0.717) is 0 Å². The van der Waals surface area contributed by atoms with E-state index in [0.717, 1.165) is 11.0 Å². The molecule has 0 atom stereocenters. The van der Waals surface area contributed by atoms with Gasteiger partial charge in [-0.2, -0.15) is 0 Å². The second-order valence-corrected chi connectivity index (χ2v) is 7.14. The molecule has 2 rings (SSSR count). The predicted octanol–water partition coefficient (Wildman–Crippen LogP) is 2.35. The van der Waals surface area contributed by atoms with Gasteiger partial charge >= 0.3 is 13.1 Å². The Morgan fingerprint density at radius 1 is 1.14 bits per heavy atom. The summed E-state index contributed by atoms with van der Waals surface area (Å²) in [5.41, 5.74) is -0.172. The van der Waals surface area contributed by atoms with Gasteiger partial charge in [0.25, 0.3) is 0 Å². The maximum absolute atomic E-state index is 11.4. The molecular formula is C16H23BO4. The minimum Gasteiger partial charge on any atom is -0.481 e. The fourth-order valence-electron chi connectivity index (χ4n) is 2.18. The molecule has 0 aromatic heterocycles. The Balaban J connectivity index is 2.34. The smallest absolute Gasteiger partial charge is 0.481 e. The van der Waals surface area contributed by atoms with Crippen molar-refractivity contribution in [3.8, 4) is 0 Å². The van der Waals surface area contributed by atoms with Crippen LogP contribution >= 0.6 is 0 Å². The van der Waals surface area contributed by atoms with Crippen molar-refractivity contribution in [3.63, 3.8) is 0 Å². The molecule has 21 heavy (non-hydrogen) atoms. The Kier molecular flexibility index (Phi) is 3.71. The molecule has 4 nitrogen and oxygen atoms in total. The first kappa shape index (κ1) is 16.1. The average Bonchev–Trinajstić information content (AvgIpc) is 2.58. The zero-order chi connectivity index (χ0) is 16.1. The number of aliphatic carboxylic acids is 1. The summed E-state index contributed by atoms with van der Waals surface area (Å²) < 4.78 is 12.0. The summed E-state index contributed by atoms with van der Waals surface area (Å²) in [6.45, 7) is 11.4. The average molecular weight is 290 g/mol. The van der Waals surface area contributed by atoms with Crippen LogP contribution < -0.4 is 5.46 Å². The van der Waals surface area contributed by atoms with Crippen molar-refractivity contribution in [2.45, 2.75) is 58.2 Å². The van der Waals surface area contributed by atoms with E-state index in [1.807, 2.05) is 52.0 Å². The van der Waals surface area contributed by atoms with E-state index in [-0.39, 0.29) is 0 Å². The fourth-order valence-corrected chi connectivity index (χ4v) is 2.18. The van der Waals surface area contributed by atoms with Crippen LogP contribution in [-0.4, -0.2) is 29.4 Å². The van der Waals surface area contributed by atoms with Gasteiger partial charge in [-0.15, -0.1) is 0 Å². The molecule has 1 N–H and O–H groups in total. The van der Waals surface area contributed by atoms with Crippen LogP contribution in [0, 0.1) is 0 Å². The highest BCUT2D eigenvalue weighted by atomic mass is 16.7. The van der Waals surface area contributed by atoms with E-state index >= 15 is 0 Å². The summed E-state index contributed by atoms with van der Waals surface area (Å²) in [4.78, 5) is 11.4. The first-order chi connectivity index (χ1) is 9.47. The highest BCUT2D eigenvalue weighted by molar-refractivity contribution is 6.62. The molecule has 114 valence electrons. The largest absolute Gasteiger partial charge is 0.494 e. The lowest BCUT2D eigenvalue weighted by Gasteiger charge is -2.32. The third-order valence-electron chi connectivity index (χ3n) is 4.67. The van der Waals surface area contributed by atoms with E-state index in [1.54, 1.807) is 13.8 Å². The first-order valence-electron chi connectivity index (χ1n) is 7.17. The number of hydrogen-bond acceptors (Lipinski definition) is 3. The minimum absolute atomic E-state index is 0.407. The Morgan fingerprint density at radius 2 is 1.67 bits per heavy atom. The van der Waals surface area contributed by atoms with Crippen LogP contribution in [-0.2, 0) is 19.5 Å². The van der Waals surface area contributed by atoms with Gasteiger partial charge in [-0.05, 0) is 52.6 Å². The van der Waals surface area contributed by atoms with Crippen molar-refractivity contribution in [3.05, 3.63) is 29.8 Å². The molecule has 0 aliphatic carbocycles. The molecule has 1 aromatic carbocycles. The van der Waals surface area contributed by atoms with Crippen LogP contribution in [0.2, 0.25) is 0 Å². The highest BCUT2D eigenvalue weighted by Crippen LogP contribution is 2.36. The van der Waals surface area contributed by atoms with E-state index in [9.17, 15) is 9.90 Å². The van der Waals surface area contributed by atoms with Gasteiger partial charge < -0.3 is 14.4 Å². The van der Waals surface area contributed by atoms with Gasteiger partial charge in [0, 0.05) is 0 Å². The standard InChI is InChI=1S/C16H23BO4/c1-14(2,13(18)19)11-8-7-9-12(10-11)17-20-15(3,4)16(5,6)21-17/h7-10H,1-6H3,(H,18,19). The summed E-state index contributed by atoms with van der Waals surface area (Å²) in [6.07, 6.45) is 0. The van der Waals surface area contributed by atoms with Crippen molar-refractivity contribution in [2.75, 3.05) is 0 Å². The monoisotopic (exact) mass is 290 g/mol. The molecule has 1 aliphatic rings. The van der Waals surface area contributed by atoms with Crippen LogP contribution in [0.25, 0.3) is 0 Å². The van der Waals surface area contributed by atoms with Gasteiger partial charge in [0.05, 0.1) is 16.6 Å². The quantitative estimate of drug-likeness (QED) is 0.868. The molecule has 5 heteroatoms. The molecule has 0 radical (unpaired) electrons. The zero-order valence-corrected chi connectivity index (χ0v) is 13.6. The lowest BCUT2D eigenvalue weighted by Crippen LogP contribution is -2.41. The van der Waals surface area contributed by atoms with Gasteiger partial charge in [-0.1, -0.05) is 24.3 Å². The number of hydrogen-bond donors (Lipinski definition) is 1. The third kappa shape index (κ3) is 2.72. The van der Waals surface area contributed by atoms with Crippen LogP contribution in [0.3, 0.4) is 0 Å². The lowest BCUT2D eigenvalue weighted by atomic mass is 9.75. The Morgan fingerprint density at radius 3 is 2.14 bits per heavy atom. The molecular weight excluding hydrogens is 267 g/mol. The van der Waals surface area contributed by atoms with E-state index in [1.165, 1.54) is 0 Å². The van der Waals surface area contributed by atoms with Gasteiger partial charge in [0.2, 0.25) is 0 Å². The topological polar surface area (TPSA) is 55.8 Å². The van der Waals surface area contributed by atoms with Crippen LogP contribution in [0.4, 0.5) is 0 Å². The molecule has 1 aliphatic heterocycles. The van der Waals surface area contributed by atoms with E-state index in [2.05, 4.69) is 0 Å². The Bertz CT molecular complexity index is 547. The molecule has 0 unspecified atom stereocenters. The van der Waals surface area contributed by atoms with Crippen molar-refractivity contribution < 1.29 is 19.2 Å². The normalized spacial score (nSPS) is 20.6. The summed E-state index contributed by atoms with van der Waals surface area (Å²) in [7, 11) is -0.473. The van der Waals surface area contributed by atoms with E-state index in [4.69, 9.17) is 9.31 Å². The second kappa shape index (κ2) is 4.85. The van der Waals surface area contributed by atoms with Crippen molar-refractivity contribution in [2.24, 2.45) is 0 Å². The fraction of sp³-hybridized carbons (Fsp3) is 0.562. The van der Waals surface area contributed by atoms with E-state index < -0.39 is 29.7 Å². The van der Waals surface area contributed by atoms with Crippen molar-refractivity contribution >= 4 is 18.6 Å². The molecule has 1 fully saturated rings. The molecule has 1 saturated heterocycles. The summed E-state index contributed by atoms with van der Waals surface area (Å²) in [6, 6.07) is 7.43. The first-order valence-corrected chi connectivity index (χ1v) is 7.17. The maximum Gasteiger partial charge on any atom is 0.494 e. The molecule has 0 bridgehead atoms.